The molecule has 2 aromatic rings. The average molecular weight is 237 g/mol. The molecule has 0 unspecified atom stereocenters. The fourth-order valence-electron chi connectivity index (χ4n) is 1.23. The third-order valence-electron chi connectivity index (χ3n) is 1.98. The molecular weight excluding hydrogens is 229 g/mol. The number of halogens is 1. The van der Waals surface area contributed by atoms with E-state index in [4.69, 9.17) is 10.9 Å². The van der Waals surface area contributed by atoms with Crippen LogP contribution in [-0.4, -0.2) is 16.0 Å². The van der Waals surface area contributed by atoms with Crippen LogP contribution in [0.3, 0.4) is 0 Å². The minimum absolute atomic E-state index is 0.0763. The Morgan fingerprint density at radius 1 is 1.44 bits per heavy atom. The molecular formula is C10H8FN3OS. The Hall–Kier alpha value is -1.95. The molecule has 1 aromatic heterocycles. The summed E-state index contributed by atoms with van der Waals surface area (Å²) in [5.74, 6) is -0.425. The zero-order chi connectivity index (χ0) is 11.5. The number of amidine groups is 1. The lowest BCUT2D eigenvalue weighted by Gasteiger charge is -1.97. The van der Waals surface area contributed by atoms with Crippen LogP contribution in [0.1, 0.15) is 5.01 Å². The second kappa shape index (κ2) is 4.28. The Morgan fingerprint density at radius 2 is 2.19 bits per heavy atom. The highest BCUT2D eigenvalue weighted by molar-refractivity contribution is 7.12. The van der Waals surface area contributed by atoms with Crippen molar-refractivity contribution in [2.24, 2.45) is 10.9 Å². The second-order valence-corrected chi connectivity index (χ2v) is 3.86. The maximum Gasteiger partial charge on any atom is 0.199 e. The van der Waals surface area contributed by atoms with Gasteiger partial charge in [0.2, 0.25) is 0 Å². The van der Waals surface area contributed by atoms with Gasteiger partial charge < -0.3 is 10.9 Å². The van der Waals surface area contributed by atoms with Gasteiger partial charge in [0.25, 0.3) is 0 Å². The molecule has 1 aromatic carbocycles. The van der Waals surface area contributed by atoms with Crippen molar-refractivity contribution in [3.63, 3.8) is 0 Å². The van der Waals surface area contributed by atoms with Crippen molar-refractivity contribution < 1.29 is 9.60 Å². The van der Waals surface area contributed by atoms with Crippen LogP contribution in [0.5, 0.6) is 0 Å². The number of oxime groups is 1. The van der Waals surface area contributed by atoms with Crippen molar-refractivity contribution in [1.29, 1.82) is 0 Å². The van der Waals surface area contributed by atoms with Crippen LogP contribution in [0.15, 0.2) is 34.8 Å². The molecule has 0 fully saturated rings. The summed E-state index contributed by atoms with van der Waals surface area (Å²) in [7, 11) is 0. The topological polar surface area (TPSA) is 71.5 Å². The predicted molar refractivity (Wildman–Crippen MR) is 60.0 cm³/mol. The minimum atomic E-state index is -0.348. The number of benzene rings is 1. The number of hydrogen-bond acceptors (Lipinski definition) is 4. The number of thiazole rings is 1. The SMILES string of the molecule is N/C(=N\O)c1nc(-c2ccccc2F)cs1. The van der Waals surface area contributed by atoms with E-state index >= 15 is 0 Å². The molecule has 0 saturated heterocycles. The van der Waals surface area contributed by atoms with Crippen LogP contribution in [0.25, 0.3) is 11.3 Å². The van der Waals surface area contributed by atoms with E-state index in [0.717, 1.165) is 0 Å². The van der Waals surface area contributed by atoms with Crippen LogP contribution >= 0.6 is 11.3 Å². The number of rotatable bonds is 2. The van der Waals surface area contributed by atoms with Gasteiger partial charge in [-0.05, 0) is 12.1 Å². The molecule has 0 radical (unpaired) electrons. The summed E-state index contributed by atoms with van der Waals surface area (Å²) in [5, 5.41) is 13.3. The molecule has 82 valence electrons. The molecule has 16 heavy (non-hydrogen) atoms. The Bertz CT molecular complexity index is 538. The van der Waals surface area contributed by atoms with Gasteiger partial charge in [-0.15, -0.1) is 11.3 Å². The lowest BCUT2D eigenvalue weighted by molar-refractivity contribution is 0.318. The quantitative estimate of drug-likeness (QED) is 0.363. The summed E-state index contributed by atoms with van der Waals surface area (Å²) in [5.41, 5.74) is 6.25. The smallest absolute Gasteiger partial charge is 0.199 e. The van der Waals surface area contributed by atoms with Crippen LogP contribution in [-0.2, 0) is 0 Å². The number of nitrogens with two attached hydrogens (primary N) is 1. The van der Waals surface area contributed by atoms with Crippen molar-refractivity contribution in [3.05, 3.63) is 40.5 Å². The Labute approximate surface area is 94.9 Å². The molecule has 0 aliphatic heterocycles. The van der Waals surface area contributed by atoms with Crippen LogP contribution in [0.2, 0.25) is 0 Å². The highest BCUT2D eigenvalue weighted by atomic mass is 32.1. The standard InChI is InChI=1S/C10H8FN3OS/c11-7-4-2-1-3-6(7)8-5-16-10(13-8)9(12)14-15/h1-5,15H,(H2,12,14). The molecule has 0 atom stereocenters. The van der Waals surface area contributed by atoms with Gasteiger partial charge >= 0.3 is 0 Å². The van der Waals surface area contributed by atoms with Gasteiger partial charge in [-0.1, -0.05) is 17.3 Å². The summed E-state index contributed by atoms with van der Waals surface area (Å²) in [4.78, 5) is 4.07. The van der Waals surface area contributed by atoms with E-state index in [9.17, 15) is 4.39 Å². The zero-order valence-electron chi connectivity index (χ0n) is 8.09. The van der Waals surface area contributed by atoms with Gasteiger partial charge in [-0.25, -0.2) is 9.37 Å². The van der Waals surface area contributed by atoms with Crippen molar-refractivity contribution in [3.8, 4) is 11.3 Å². The summed E-state index contributed by atoms with van der Waals surface area (Å²) >= 11 is 1.19. The second-order valence-electron chi connectivity index (χ2n) is 3.00. The van der Waals surface area contributed by atoms with Gasteiger partial charge in [-0.3, -0.25) is 0 Å². The lowest BCUT2D eigenvalue weighted by atomic mass is 10.2. The fraction of sp³-hybridized carbons (Fsp3) is 0. The van der Waals surface area contributed by atoms with Gasteiger partial charge in [0.15, 0.2) is 10.8 Å². The molecule has 0 amide bonds. The van der Waals surface area contributed by atoms with Gasteiger partial charge in [-0.2, -0.15) is 0 Å². The van der Waals surface area contributed by atoms with E-state index in [1.807, 2.05) is 0 Å². The molecule has 6 heteroatoms. The summed E-state index contributed by atoms with van der Waals surface area (Å²) in [6.07, 6.45) is 0. The molecule has 0 saturated carbocycles. The van der Waals surface area contributed by atoms with E-state index in [-0.39, 0.29) is 11.7 Å². The van der Waals surface area contributed by atoms with Gasteiger partial charge in [0, 0.05) is 10.9 Å². The normalized spacial score (nSPS) is 11.7. The first kappa shape index (κ1) is 10.6. The third-order valence-corrected chi connectivity index (χ3v) is 2.85. The zero-order valence-corrected chi connectivity index (χ0v) is 8.91. The summed E-state index contributed by atoms with van der Waals surface area (Å²) in [6, 6.07) is 6.31. The maximum atomic E-state index is 13.4. The molecule has 0 aliphatic rings. The first-order valence-corrected chi connectivity index (χ1v) is 5.28. The molecule has 1 heterocycles. The highest BCUT2D eigenvalue weighted by Crippen LogP contribution is 2.24. The largest absolute Gasteiger partial charge is 0.409 e. The third kappa shape index (κ3) is 1.87. The number of hydrogen-bond donors (Lipinski definition) is 2. The van der Waals surface area contributed by atoms with E-state index in [1.54, 1.807) is 23.6 Å². The Kier molecular flexibility index (Phi) is 2.82. The average Bonchev–Trinajstić information content (AvgIpc) is 2.78. The van der Waals surface area contributed by atoms with Gasteiger partial charge in [0.1, 0.15) is 5.82 Å². The number of aromatic nitrogens is 1. The number of nitrogens with zero attached hydrogens (tertiary/aromatic N) is 2. The minimum Gasteiger partial charge on any atom is -0.409 e. The first-order valence-electron chi connectivity index (χ1n) is 4.40. The highest BCUT2D eigenvalue weighted by Gasteiger charge is 2.10. The lowest BCUT2D eigenvalue weighted by Crippen LogP contribution is -2.12. The molecule has 2 rings (SSSR count). The molecule has 3 N–H and O–H groups in total. The maximum absolute atomic E-state index is 13.4. The predicted octanol–water partition coefficient (Wildman–Crippen LogP) is 2.04. The molecule has 0 aliphatic carbocycles. The summed E-state index contributed by atoms with van der Waals surface area (Å²) in [6.45, 7) is 0. The van der Waals surface area contributed by atoms with Crippen LogP contribution in [0, 0.1) is 5.82 Å². The van der Waals surface area contributed by atoms with E-state index in [1.165, 1.54) is 17.4 Å². The van der Waals surface area contributed by atoms with Crippen LogP contribution < -0.4 is 5.73 Å². The van der Waals surface area contributed by atoms with Crippen molar-refractivity contribution >= 4 is 17.2 Å². The molecule has 0 bridgehead atoms. The first-order chi connectivity index (χ1) is 7.72. The van der Waals surface area contributed by atoms with Gasteiger partial charge in [0.05, 0.1) is 5.69 Å². The van der Waals surface area contributed by atoms with E-state index in [2.05, 4.69) is 10.1 Å². The van der Waals surface area contributed by atoms with Crippen molar-refractivity contribution in [2.75, 3.05) is 0 Å². The fourth-order valence-corrected chi connectivity index (χ4v) is 1.94. The van der Waals surface area contributed by atoms with Crippen molar-refractivity contribution in [1.82, 2.24) is 4.98 Å². The molecule has 0 spiro atoms. The Balaban J connectivity index is 2.43. The summed E-state index contributed by atoms with van der Waals surface area (Å²) < 4.78 is 13.4. The van der Waals surface area contributed by atoms with Crippen molar-refractivity contribution in [2.45, 2.75) is 0 Å². The monoisotopic (exact) mass is 237 g/mol. The molecule has 4 nitrogen and oxygen atoms in total. The van der Waals surface area contributed by atoms with E-state index < -0.39 is 0 Å². The van der Waals surface area contributed by atoms with Crippen LogP contribution in [0.4, 0.5) is 4.39 Å². The van der Waals surface area contributed by atoms with E-state index in [0.29, 0.717) is 16.3 Å². The Morgan fingerprint density at radius 3 is 2.88 bits per heavy atom.